The molecule has 4 rings (SSSR count). The lowest BCUT2D eigenvalue weighted by atomic mass is 9.88. The molecule has 28 heavy (non-hydrogen) atoms. The van der Waals surface area contributed by atoms with E-state index in [0.29, 0.717) is 40.2 Å². The van der Waals surface area contributed by atoms with Gasteiger partial charge < -0.3 is 4.74 Å². The van der Waals surface area contributed by atoms with Crippen molar-refractivity contribution >= 4 is 38.4 Å². The molecule has 1 aliphatic heterocycles. The summed E-state index contributed by atoms with van der Waals surface area (Å²) in [5, 5.41) is 0.803. The molecule has 146 valence electrons. The number of hydrogen-bond acceptors (Lipinski definition) is 3. The molecule has 0 unspecified atom stereocenters. The van der Waals surface area contributed by atoms with Gasteiger partial charge in [-0.05, 0) is 30.3 Å². The average Bonchev–Trinajstić information content (AvgIpc) is 2.62. The van der Waals surface area contributed by atoms with E-state index in [0.717, 1.165) is 4.57 Å². The Bertz CT molecular complexity index is 1200. The number of hydrogen-bond donors (Lipinski definition) is 0. The predicted octanol–water partition coefficient (Wildman–Crippen LogP) is 3.80. The van der Waals surface area contributed by atoms with Crippen molar-refractivity contribution in [2.75, 3.05) is 13.2 Å². The molecule has 0 aliphatic carbocycles. The molecule has 0 atom stereocenters. The van der Waals surface area contributed by atoms with Crippen LogP contribution in [0, 0.1) is 11.2 Å². The fraction of sp³-hybridized carbons (Fsp3) is 0.300. The van der Waals surface area contributed by atoms with Gasteiger partial charge in [-0.25, -0.2) is 9.18 Å². The molecule has 3 aromatic rings. The molecule has 1 aliphatic rings. The summed E-state index contributed by atoms with van der Waals surface area (Å²) >= 11 is 9.33. The summed E-state index contributed by atoms with van der Waals surface area (Å²) in [6.07, 6.45) is 0. The first-order valence-corrected chi connectivity index (χ1v) is 9.89. The topological polar surface area (TPSA) is 53.2 Å². The van der Waals surface area contributed by atoms with Crippen LogP contribution in [-0.2, 0) is 17.8 Å². The van der Waals surface area contributed by atoms with Gasteiger partial charge in [-0.2, -0.15) is 0 Å². The number of halogens is 3. The van der Waals surface area contributed by atoms with Crippen molar-refractivity contribution in [3.05, 3.63) is 78.1 Å². The average molecular weight is 468 g/mol. The summed E-state index contributed by atoms with van der Waals surface area (Å²) in [6, 6.07) is 9.38. The van der Waals surface area contributed by atoms with Crippen LogP contribution in [-0.4, -0.2) is 22.3 Å². The number of benzene rings is 2. The van der Waals surface area contributed by atoms with E-state index in [2.05, 4.69) is 15.9 Å². The van der Waals surface area contributed by atoms with Gasteiger partial charge in [-0.15, -0.1) is 0 Å². The minimum Gasteiger partial charge on any atom is -0.380 e. The van der Waals surface area contributed by atoms with E-state index >= 15 is 0 Å². The molecule has 2 aromatic carbocycles. The number of rotatable bonds is 4. The quantitative estimate of drug-likeness (QED) is 0.586. The first-order chi connectivity index (χ1) is 13.3. The van der Waals surface area contributed by atoms with E-state index < -0.39 is 17.1 Å². The van der Waals surface area contributed by atoms with Gasteiger partial charge in [0.25, 0.3) is 5.56 Å². The second-order valence-electron chi connectivity index (χ2n) is 7.46. The third kappa shape index (κ3) is 3.43. The number of aromatic nitrogens is 2. The van der Waals surface area contributed by atoms with Crippen molar-refractivity contribution < 1.29 is 9.13 Å². The van der Waals surface area contributed by atoms with Crippen molar-refractivity contribution in [3.8, 4) is 0 Å². The minimum atomic E-state index is -0.491. The van der Waals surface area contributed by atoms with Crippen molar-refractivity contribution in [2.45, 2.75) is 20.0 Å². The molecule has 0 amide bonds. The Morgan fingerprint density at radius 3 is 2.57 bits per heavy atom. The standard InChI is InChI=1S/C20H17BrClFN2O3/c1-20(10-28-11-20)9-25-17-7-14(22)4-5-15(17)18(26)24(19(25)27)8-12-2-3-13(21)6-16(12)23/h2-7H,8-11H2,1H3. The lowest BCUT2D eigenvalue weighted by molar-refractivity contribution is -0.110. The van der Waals surface area contributed by atoms with Crippen LogP contribution < -0.4 is 11.2 Å². The maximum atomic E-state index is 14.3. The molecular formula is C20H17BrClFN2O3. The molecule has 0 radical (unpaired) electrons. The third-order valence-corrected chi connectivity index (χ3v) is 5.70. The molecule has 0 saturated carbocycles. The molecule has 0 bridgehead atoms. The van der Waals surface area contributed by atoms with E-state index in [9.17, 15) is 14.0 Å². The Morgan fingerprint density at radius 1 is 1.18 bits per heavy atom. The molecule has 1 fully saturated rings. The summed E-state index contributed by atoms with van der Waals surface area (Å²) < 4.78 is 22.8. The van der Waals surface area contributed by atoms with Gasteiger partial charge in [-0.3, -0.25) is 13.9 Å². The summed E-state index contributed by atoms with van der Waals surface area (Å²) in [5.41, 5.74) is -0.423. The lowest BCUT2D eigenvalue weighted by Crippen LogP contribution is -2.48. The first-order valence-electron chi connectivity index (χ1n) is 8.72. The highest BCUT2D eigenvalue weighted by atomic mass is 79.9. The van der Waals surface area contributed by atoms with Gasteiger partial charge in [0.1, 0.15) is 5.82 Å². The van der Waals surface area contributed by atoms with Crippen molar-refractivity contribution in [1.29, 1.82) is 0 Å². The number of ether oxygens (including phenoxy) is 1. The van der Waals surface area contributed by atoms with E-state index in [1.807, 2.05) is 6.92 Å². The summed E-state index contributed by atoms with van der Waals surface area (Å²) in [5.74, 6) is -0.484. The Labute approximate surface area is 173 Å². The Balaban J connectivity index is 1.92. The van der Waals surface area contributed by atoms with E-state index in [1.165, 1.54) is 6.07 Å². The van der Waals surface area contributed by atoms with Crippen molar-refractivity contribution in [2.24, 2.45) is 5.41 Å². The van der Waals surface area contributed by atoms with Gasteiger partial charge in [-0.1, -0.05) is 40.5 Å². The van der Waals surface area contributed by atoms with Crippen LogP contribution in [0.1, 0.15) is 12.5 Å². The van der Waals surface area contributed by atoms with Crippen LogP contribution in [0.3, 0.4) is 0 Å². The van der Waals surface area contributed by atoms with Crippen LogP contribution in [0.25, 0.3) is 10.9 Å². The number of nitrogens with zero attached hydrogens (tertiary/aromatic N) is 2. The van der Waals surface area contributed by atoms with E-state index in [4.69, 9.17) is 16.3 Å². The largest absolute Gasteiger partial charge is 0.380 e. The third-order valence-electron chi connectivity index (χ3n) is 4.97. The molecular weight excluding hydrogens is 451 g/mol. The smallest absolute Gasteiger partial charge is 0.331 e. The Hall–Kier alpha value is -1.96. The second kappa shape index (κ2) is 7.13. The maximum Gasteiger partial charge on any atom is 0.331 e. The highest BCUT2D eigenvalue weighted by molar-refractivity contribution is 9.10. The van der Waals surface area contributed by atoms with Gasteiger partial charge in [0.05, 0.1) is 30.7 Å². The van der Waals surface area contributed by atoms with E-state index in [-0.39, 0.29) is 17.5 Å². The number of fused-ring (bicyclic) bond motifs is 1. The monoisotopic (exact) mass is 466 g/mol. The van der Waals surface area contributed by atoms with Gasteiger partial charge in [0, 0.05) is 27.0 Å². The second-order valence-corrected chi connectivity index (χ2v) is 8.81. The van der Waals surface area contributed by atoms with Crippen LogP contribution >= 0.6 is 27.5 Å². The molecule has 5 nitrogen and oxygen atoms in total. The summed E-state index contributed by atoms with van der Waals surface area (Å²) in [6.45, 7) is 3.31. The summed E-state index contributed by atoms with van der Waals surface area (Å²) in [7, 11) is 0. The van der Waals surface area contributed by atoms with Crippen molar-refractivity contribution in [3.63, 3.8) is 0 Å². The molecule has 8 heteroatoms. The van der Waals surface area contributed by atoms with E-state index in [1.54, 1.807) is 34.9 Å². The lowest BCUT2D eigenvalue weighted by Gasteiger charge is -2.38. The fourth-order valence-electron chi connectivity index (χ4n) is 3.43. The zero-order valence-electron chi connectivity index (χ0n) is 15.0. The minimum absolute atomic E-state index is 0.150. The highest BCUT2D eigenvalue weighted by Crippen LogP contribution is 2.29. The molecule has 0 spiro atoms. The molecule has 2 heterocycles. The Kier molecular flexibility index (Phi) is 4.93. The Morgan fingerprint density at radius 2 is 1.93 bits per heavy atom. The first kappa shape index (κ1) is 19.4. The van der Waals surface area contributed by atoms with Crippen LogP contribution in [0.4, 0.5) is 4.39 Å². The van der Waals surface area contributed by atoms with Gasteiger partial charge in [0.15, 0.2) is 0 Å². The summed E-state index contributed by atoms with van der Waals surface area (Å²) in [4.78, 5) is 26.2. The zero-order valence-corrected chi connectivity index (χ0v) is 17.4. The highest BCUT2D eigenvalue weighted by Gasteiger charge is 2.35. The van der Waals surface area contributed by atoms with Gasteiger partial charge >= 0.3 is 5.69 Å². The SMILES string of the molecule is CC1(Cn2c(=O)n(Cc3ccc(Br)cc3F)c(=O)c3ccc(Cl)cc32)COC1. The molecule has 1 saturated heterocycles. The fourth-order valence-corrected chi connectivity index (χ4v) is 3.93. The predicted molar refractivity (Wildman–Crippen MR) is 110 cm³/mol. The normalized spacial score (nSPS) is 15.6. The van der Waals surface area contributed by atoms with Crippen LogP contribution in [0.2, 0.25) is 5.02 Å². The van der Waals surface area contributed by atoms with Crippen LogP contribution in [0.15, 0.2) is 50.5 Å². The molecule has 0 N–H and O–H groups in total. The maximum absolute atomic E-state index is 14.3. The molecule has 1 aromatic heterocycles. The van der Waals surface area contributed by atoms with Crippen molar-refractivity contribution in [1.82, 2.24) is 9.13 Å². The van der Waals surface area contributed by atoms with Gasteiger partial charge in [0.2, 0.25) is 0 Å². The zero-order chi connectivity index (χ0) is 20.1. The van der Waals surface area contributed by atoms with Crippen LogP contribution in [0.5, 0.6) is 0 Å².